The SMILES string of the molecule is COC(C)C(NC(=O)c1cnccn1)C(=O)NC(CCOc1ccccc1)B1OC(C)(C)C(C)(C)O1. The molecule has 1 aromatic heterocycles. The first kappa shape index (κ1) is 27.6. The van der Waals surface area contributed by atoms with Gasteiger partial charge in [0.15, 0.2) is 0 Å². The Morgan fingerprint density at radius 2 is 1.72 bits per heavy atom. The van der Waals surface area contributed by atoms with Crippen molar-refractivity contribution in [1.29, 1.82) is 0 Å². The highest BCUT2D eigenvalue weighted by molar-refractivity contribution is 6.48. The maximum Gasteiger partial charge on any atom is 0.481 e. The standard InChI is InChI=1S/C25H35BN4O6/c1-17(33-6)21(30-22(31)19-16-27-13-14-28-19)23(32)29-20(12-15-34-18-10-8-7-9-11-18)26-35-24(2,3)25(4,5)36-26/h7-11,13-14,16-17,20-21H,12,15H2,1-6H3,(H,29,32)(H,30,31). The van der Waals surface area contributed by atoms with E-state index in [4.69, 9.17) is 18.8 Å². The quantitative estimate of drug-likeness (QED) is 0.453. The number of carbonyl (C=O) groups excluding carboxylic acids is 2. The summed E-state index contributed by atoms with van der Waals surface area (Å²) in [6, 6.07) is 8.41. The molecule has 2 amide bonds. The van der Waals surface area contributed by atoms with E-state index >= 15 is 0 Å². The fraction of sp³-hybridized carbons (Fsp3) is 0.520. The molecule has 3 unspecified atom stereocenters. The van der Waals surface area contributed by atoms with Crippen LogP contribution in [0.5, 0.6) is 5.75 Å². The van der Waals surface area contributed by atoms with E-state index in [0.717, 1.165) is 5.75 Å². The normalized spacial score (nSPS) is 18.7. The maximum absolute atomic E-state index is 13.4. The minimum Gasteiger partial charge on any atom is -0.494 e. The second-order valence-electron chi connectivity index (χ2n) is 9.67. The molecule has 194 valence electrons. The van der Waals surface area contributed by atoms with E-state index in [9.17, 15) is 9.59 Å². The van der Waals surface area contributed by atoms with Crippen molar-refractivity contribution < 1.29 is 28.4 Å². The first-order valence-corrected chi connectivity index (χ1v) is 12.0. The molecule has 0 saturated carbocycles. The molecule has 3 atom stereocenters. The molecule has 1 fully saturated rings. The lowest BCUT2D eigenvalue weighted by Gasteiger charge is -2.32. The number of hydrogen-bond acceptors (Lipinski definition) is 8. The van der Waals surface area contributed by atoms with E-state index in [1.165, 1.54) is 25.7 Å². The monoisotopic (exact) mass is 498 g/mol. The molecule has 0 aliphatic carbocycles. The lowest BCUT2D eigenvalue weighted by Crippen LogP contribution is -2.58. The molecule has 11 heteroatoms. The molecule has 1 aromatic carbocycles. The Morgan fingerprint density at radius 1 is 1.06 bits per heavy atom. The van der Waals surface area contributed by atoms with Crippen LogP contribution in [0.4, 0.5) is 0 Å². The third kappa shape index (κ3) is 6.80. The van der Waals surface area contributed by atoms with Gasteiger partial charge >= 0.3 is 7.12 Å². The Hall–Kier alpha value is -3.02. The fourth-order valence-corrected chi connectivity index (χ4v) is 3.59. The summed E-state index contributed by atoms with van der Waals surface area (Å²) in [5.74, 6) is -0.811. The van der Waals surface area contributed by atoms with E-state index in [1.54, 1.807) is 6.92 Å². The topological polar surface area (TPSA) is 121 Å². The zero-order valence-electron chi connectivity index (χ0n) is 21.7. The highest BCUT2D eigenvalue weighted by Gasteiger charge is 2.54. The van der Waals surface area contributed by atoms with Gasteiger partial charge in [-0.2, -0.15) is 0 Å². The summed E-state index contributed by atoms with van der Waals surface area (Å²) in [7, 11) is 0.756. The van der Waals surface area contributed by atoms with Gasteiger partial charge in [-0.1, -0.05) is 18.2 Å². The van der Waals surface area contributed by atoms with Crippen LogP contribution < -0.4 is 15.4 Å². The minimum atomic E-state index is -0.996. The van der Waals surface area contributed by atoms with Gasteiger partial charge in [0.1, 0.15) is 17.5 Å². The van der Waals surface area contributed by atoms with Crippen LogP contribution in [0.25, 0.3) is 0 Å². The average Bonchev–Trinajstić information content (AvgIpc) is 3.08. The third-order valence-corrected chi connectivity index (χ3v) is 6.57. The molecule has 2 aromatic rings. The predicted molar refractivity (Wildman–Crippen MR) is 134 cm³/mol. The van der Waals surface area contributed by atoms with Crippen molar-refractivity contribution in [1.82, 2.24) is 20.6 Å². The van der Waals surface area contributed by atoms with Gasteiger partial charge in [-0.3, -0.25) is 14.6 Å². The van der Waals surface area contributed by atoms with Crippen LogP contribution in [0.1, 0.15) is 51.5 Å². The summed E-state index contributed by atoms with van der Waals surface area (Å²) in [4.78, 5) is 34.0. The second kappa shape index (κ2) is 11.8. The Kier molecular flexibility index (Phi) is 9.05. The smallest absolute Gasteiger partial charge is 0.481 e. The van der Waals surface area contributed by atoms with Crippen LogP contribution in [-0.2, 0) is 18.8 Å². The number of methoxy groups -OCH3 is 1. The van der Waals surface area contributed by atoms with Crippen molar-refractivity contribution in [3.8, 4) is 5.75 Å². The van der Waals surface area contributed by atoms with E-state index in [1.807, 2.05) is 58.0 Å². The number of rotatable bonds is 11. The molecule has 3 rings (SSSR count). The molecule has 2 heterocycles. The van der Waals surface area contributed by atoms with E-state index < -0.39 is 48.2 Å². The predicted octanol–water partition coefficient (Wildman–Crippen LogP) is 2.20. The van der Waals surface area contributed by atoms with Crippen molar-refractivity contribution >= 4 is 18.9 Å². The van der Waals surface area contributed by atoms with Gasteiger partial charge in [-0.05, 0) is 46.8 Å². The number of amides is 2. The van der Waals surface area contributed by atoms with Gasteiger partial charge < -0.3 is 29.4 Å². The molecular weight excluding hydrogens is 463 g/mol. The highest BCUT2D eigenvalue weighted by atomic mass is 16.7. The number of ether oxygens (including phenoxy) is 2. The van der Waals surface area contributed by atoms with E-state index in [2.05, 4.69) is 20.6 Å². The van der Waals surface area contributed by atoms with Gasteiger partial charge in [-0.25, -0.2) is 4.98 Å². The summed E-state index contributed by atoms with van der Waals surface area (Å²) < 4.78 is 23.7. The van der Waals surface area contributed by atoms with E-state index in [-0.39, 0.29) is 5.69 Å². The fourth-order valence-electron chi connectivity index (χ4n) is 3.59. The molecule has 1 aliphatic heterocycles. The van der Waals surface area contributed by atoms with Gasteiger partial charge in [0, 0.05) is 25.9 Å². The Balaban J connectivity index is 1.75. The summed E-state index contributed by atoms with van der Waals surface area (Å²) in [6.45, 7) is 9.80. The molecular formula is C25H35BN4O6. The molecule has 36 heavy (non-hydrogen) atoms. The molecule has 0 spiro atoms. The van der Waals surface area contributed by atoms with Crippen LogP contribution in [0.3, 0.4) is 0 Å². The lowest BCUT2D eigenvalue weighted by molar-refractivity contribution is -0.126. The molecule has 1 saturated heterocycles. The number of para-hydroxylation sites is 1. The number of carbonyl (C=O) groups is 2. The first-order valence-electron chi connectivity index (χ1n) is 12.0. The highest BCUT2D eigenvalue weighted by Crippen LogP contribution is 2.37. The Labute approximate surface area is 212 Å². The number of aromatic nitrogens is 2. The Bertz CT molecular complexity index is 992. The van der Waals surface area contributed by atoms with Gasteiger partial charge in [0.25, 0.3) is 5.91 Å². The van der Waals surface area contributed by atoms with Crippen molar-refractivity contribution in [2.24, 2.45) is 0 Å². The molecule has 2 N–H and O–H groups in total. The van der Waals surface area contributed by atoms with E-state index in [0.29, 0.717) is 13.0 Å². The van der Waals surface area contributed by atoms with Crippen LogP contribution in [0.2, 0.25) is 0 Å². The number of nitrogens with one attached hydrogen (secondary N) is 2. The Morgan fingerprint density at radius 3 is 2.31 bits per heavy atom. The number of hydrogen-bond donors (Lipinski definition) is 2. The van der Waals surface area contributed by atoms with Crippen molar-refractivity contribution in [3.05, 3.63) is 54.6 Å². The zero-order valence-corrected chi connectivity index (χ0v) is 21.7. The van der Waals surface area contributed by atoms with Gasteiger partial charge in [-0.15, -0.1) is 0 Å². The summed E-state index contributed by atoms with van der Waals surface area (Å²) >= 11 is 0. The lowest BCUT2D eigenvalue weighted by atomic mass is 9.76. The summed E-state index contributed by atoms with van der Waals surface area (Å²) in [5.41, 5.74) is -1.07. The maximum atomic E-state index is 13.4. The molecule has 0 bridgehead atoms. The number of benzene rings is 1. The number of nitrogens with zero attached hydrogens (tertiary/aromatic N) is 2. The van der Waals surface area contributed by atoms with Crippen molar-refractivity contribution in [2.75, 3.05) is 13.7 Å². The molecule has 0 radical (unpaired) electrons. The van der Waals surface area contributed by atoms with Crippen molar-refractivity contribution in [2.45, 2.75) is 70.3 Å². The largest absolute Gasteiger partial charge is 0.494 e. The first-order chi connectivity index (χ1) is 17.0. The average molecular weight is 498 g/mol. The van der Waals surface area contributed by atoms with Crippen LogP contribution in [-0.4, -0.2) is 71.9 Å². The van der Waals surface area contributed by atoms with Crippen LogP contribution >= 0.6 is 0 Å². The zero-order chi connectivity index (χ0) is 26.3. The van der Waals surface area contributed by atoms with Gasteiger partial charge in [0.2, 0.25) is 5.91 Å². The summed E-state index contributed by atoms with van der Waals surface area (Å²) in [5, 5.41) is 5.70. The molecule has 1 aliphatic rings. The second-order valence-corrected chi connectivity index (χ2v) is 9.67. The summed E-state index contributed by atoms with van der Waals surface area (Å²) in [6.07, 6.45) is 3.99. The van der Waals surface area contributed by atoms with Crippen molar-refractivity contribution in [3.63, 3.8) is 0 Å². The van der Waals surface area contributed by atoms with Gasteiger partial charge in [0.05, 0.1) is 36.1 Å². The molecule has 10 nitrogen and oxygen atoms in total. The third-order valence-electron chi connectivity index (χ3n) is 6.57. The van der Waals surface area contributed by atoms with Crippen LogP contribution in [0.15, 0.2) is 48.9 Å². The van der Waals surface area contributed by atoms with Crippen LogP contribution in [0, 0.1) is 0 Å². The minimum absolute atomic E-state index is 0.0948.